The summed E-state index contributed by atoms with van der Waals surface area (Å²) < 4.78 is 33.1. The molecule has 1 saturated heterocycles. The number of hydrogen-bond donors (Lipinski definition) is 1. The molecule has 0 aliphatic carbocycles. The SMILES string of the molecule is COc1ccc(C)c(S(=O)(=O)N2CCCC2C(=O)Nc2ccccc2SC)c1. The van der Waals surface area contributed by atoms with E-state index >= 15 is 0 Å². The van der Waals surface area contributed by atoms with Gasteiger partial charge in [-0.1, -0.05) is 18.2 Å². The second-order valence-electron chi connectivity index (χ2n) is 6.59. The number of anilines is 1. The molecule has 0 bridgehead atoms. The lowest BCUT2D eigenvalue weighted by molar-refractivity contribution is -0.119. The number of aryl methyl sites for hydroxylation is 1. The van der Waals surface area contributed by atoms with Crippen molar-refractivity contribution in [2.75, 3.05) is 25.2 Å². The minimum absolute atomic E-state index is 0.177. The maximum atomic E-state index is 13.3. The first-order valence-corrected chi connectivity index (χ1v) is 11.7. The molecule has 1 N–H and O–H groups in total. The lowest BCUT2D eigenvalue weighted by atomic mass is 10.2. The van der Waals surface area contributed by atoms with E-state index in [1.54, 1.807) is 19.1 Å². The largest absolute Gasteiger partial charge is 0.497 e. The fraction of sp³-hybridized carbons (Fsp3) is 0.350. The minimum atomic E-state index is -3.82. The van der Waals surface area contributed by atoms with Gasteiger partial charge in [0.2, 0.25) is 15.9 Å². The highest BCUT2D eigenvalue weighted by Crippen LogP contribution is 2.31. The molecule has 3 rings (SSSR count). The molecule has 2 aromatic carbocycles. The molecule has 0 radical (unpaired) electrons. The van der Waals surface area contributed by atoms with Crippen LogP contribution in [0.15, 0.2) is 52.3 Å². The van der Waals surface area contributed by atoms with E-state index in [1.165, 1.54) is 29.2 Å². The first kappa shape index (κ1) is 20.7. The smallest absolute Gasteiger partial charge is 0.244 e. The molecule has 1 heterocycles. The number of carbonyl (C=O) groups excluding carboxylic acids is 1. The number of hydrogen-bond acceptors (Lipinski definition) is 5. The Bertz CT molecular complexity index is 976. The molecular formula is C20H24N2O4S2. The third-order valence-electron chi connectivity index (χ3n) is 4.85. The highest BCUT2D eigenvalue weighted by molar-refractivity contribution is 7.98. The Labute approximate surface area is 170 Å². The van der Waals surface area contributed by atoms with Gasteiger partial charge in [0.05, 0.1) is 17.7 Å². The third-order valence-corrected chi connectivity index (χ3v) is 7.70. The van der Waals surface area contributed by atoms with Gasteiger partial charge in [-0.2, -0.15) is 4.31 Å². The van der Waals surface area contributed by atoms with Gasteiger partial charge in [0.1, 0.15) is 11.8 Å². The van der Waals surface area contributed by atoms with Gasteiger partial charge in [-0.05, 0) is 49.8 Å². The van der Waals surface area contributed by atoms with Crippen molar-refractivity contribution in [3.05, 3.63) is 48.0 Å². The summed E-state index contributed by atoms with van der Waals surface area (Å²) in [4.78, 5) is 14.0. The van der Waals surface area contributed by atoms with Crippen LogP contribution in [-0.4, -0.2) is 44.6 Å². The van der Waals surface area contributed by atoms with Crippen LogP contribution in [-0.2, 0) is 14.8 Å². The molecule has 8 heteroatoms. The highest BCUT2D eigenvalue weighted by atomic mass is 32.2. The van der Waals surface area contributed by atoms with Crippen molar-refractivity contribution >= 4 is 33.4 Å². The average molecular weight is 421 g/mol. The minimum Gasteiger partial charge on any atom is -0.497 e. The molecule has 1 atom stereocenters. The van der Waals surface area contributed by atoms with E-state index in [0.29, 0.717) is 36.4 Å². The van der Waals surface area contributed by atoms with Crippen LogP contribution < -0.4 is 10.1 Å². The standard InChI is InChI=1S/C20H24N2O4S2/c1-14-10-11-15(26-2)13-19(14)28(24,25)22-12-6-8-17(22)20(23)21-16-7-4-5-9-18(16)27-3/h4-5,7,9-11,13,17H,6,8,12H2,1-3H3,(H,21,23). The Morgan fingerprint density at radius 2 is 2.00 bits per heavy atom. The first-order chi connectivity index (χ1) is 13.4. The molecule has 0 saturated carbocycles. The molecule has 0 aromatic heterocycles. The molecule has 2 aromatic rings. The maximum Gasteiger partial charge on any atom is 0.244 e. The lowest BCUT2D eigenvalue weighted by Crippen LogP contribution is -2.43. The molecule has 6 nitrogen and oxygen atoms in total. The molecule has 1 amide bonds. The number of nitrogens with zero attached hydrogens (tertiary/aromatic N) is 1. The number of sulfonamides is 1. The van der Waals surface area contributed by atoms with Gasteiger partial charge in [-0.3, -0.25) is 4.79 Å². The molecular weight excluding hydrogens is 396 g/mol. The average Bonchev–Trinajstić information content (AvgIpc) is 3.19. The zero-order valence-corrected chi connectivity index (χ0v) is 17.8. The molecule has 1 aliphatic heterocycles. The van der Waals surface area contributed by atoms with Gasteiger partial charge in [0, 0.05) is 17.5 Å². The van der Waals surface area contributed by atoms with Crippen molar-refractivity contribution in [1.82, 2.24) is 4.31 Å². The van der Waals surface area contributed by atoms with E-state index in [4.69, 9.17) is 4.74 Å². The first-order valence-electron chi connectivity index (χ1n) is 8.99. The van der Waals surface area contributed by atoms with Crippen LogP contribution in [0.1, 0.15) is 18.4 Å². The van der Waals surface area contributed by atoms with E-state index in [-0.39, 0.29) is 10.8 Å². The van der Waals surface area contributed by atoms with E-state index in [2.05, 4.69) is 5.32 Å². The summed E-state index contributed by atoms with van der Waals surface area (Å²) in [7, 11) is -2.32. The Hall–Kier alpha value is -2.03. The van der Waals surface area contributed by atoms with Crippen molar-refractivity contribution in [3.8, 4) is 5.75 Å². The van der Waals surface area contributed by atoms with Gasteiger partial charge in [0.15, 0.2) is 0 Å². The molecule has 1 fully saturated rings. The highest BCUT2D eigenvalue weighted by Gasteiger charge is 2.40. The zero-order valence-electron chi connectivity index (χ0n) is 16.1. The van der Waals surface area contributed by atoms with Crippen LogP contribution >= 0.6 is 11.8 Å². The normalized spacial score (nSPS) is 17.5. The number of rotatable bonds is 6. The van der Waals surface area contributed by atoms with Crippen LogP contribution in [0.25, 0.3) is 0 Å². The summed E-state index contributed by atoms with van der Waals surface area (Å²) >= 11 is 1.53. The van der Waals surface area contributed by atoms with E-state index in [0.717, 1.165) is 4.90 Å². The summed E-state index contributed by atoms with van der Waals surface area (Å²) in [6.45, 7) is 2.06. The molecule has 150 valence electrons. The van der Waals surface area contributed by atoms with Crippen LogP contribution in [0.3, 0.4) is 0 Å². The summed E-state index contributed by atoms with van der Waals surface area (Å²) in [5.41, 5.74) is 1.32. The summed E-state index contributed by atoms with van der Waals surface area (Å²) in [6, 6.07) is 11.7. The van der Waals surface area contributed by atoms with Crippen LogP contribution in [0.5, 0.6) is 5.75 Å². The van der Waals surface area contributed by atoms with Crippen molar-refractivity contribution in [2.24, 2.45) is 0 Å². The van der Waals surface area contributed by atoms with Crippen molar-refractivity contribution in [2.45, 2.75) is 35.6 Å². The Morgan fingerprint density at radius 3 is 2.71 bits per heavy atom. The van der Waals surface area contributed by atoms with Crippen molar-refractivity contribution in [1.29, 1.82) is 0 Å². The van der Waals surface area contributed by atoms with Crippen LogP contribution in [0.4, 0.5) is 5.69 Å². The molecule has 1 aliphatic rings. The topological polar surface area (TPSA) is 75.7 Å². The fourth-order valence-electron chi connectivity index (χ4n) is 3.37. The summed E-state index contributed by atoms with van der Waals surface area (Å²) in [6.07, 6.45) is 3.07. The predicted molar refractivity (Wildman–Crippen MR) is 111 cm³/mol. The van der Waals surface area contributed by atoms with E-state index in [9.17, 15) is 13.2 Å². The Kier molecular flexibility index (Phi) is 6.32. The number of benzene rings is 2. The van der Waals surface area contributed by atoms with Crippen LogP contribution in [0.2, 0.25) is 0 Å². The molecule has 28 heavy (non-hydrogen) atoms. The van der Waals surface area contributed by atoms with Crippen molar-refractivity contribution < 1.29 is 17.9 Å². The lowest BCUT2D eigenvalue weighted by Gasteiger charge is -2.24. The predicted octanol–water partition coefficient (Wildman–Crippen LogP) is 3.52. The second kappa shape index (κ2) is 8.55. The number of carbonyl (C=O) groups is 1. The van der Waals surface area contributed by atoms with Gasteiger partial charge in [-0.15, -0.1) is 11.8 Å². The number of ether oxygens (including phenoxy) is 1. The number of amides is 1. The molecule has 1 unspecified atom stereocenters. The van der Waals surface area contributed by atoms with Gasteiger partial charge < -0.3 is 10.1 Å². The van der Waals surface area contributed by atoms with Crippen molar-refractivity contribution in [3.63, 3.8) is 0 Å². The van der Waals surface area contributed by atoms with Gasteiger partial charge in [0.25, 0.3) is 0 Å². The van der Waals surface area contributed by atoms with Crippen LogP contribution in [0, 0.1) is 6.92 Å². The Balaban J connectivity index is 1.89. The van der Waals surface area contributed by atoms with E-state index < -0.39 is 16.1 Å². The quantitative estimate of drug-likeness (QED) is 0.724. The number of nitrogens with one attached hydrogen (secondary N) is 1. The zero-order chi connectivity index (χ0) is 20.3. The van der Waals surface area contributed by atoms with E-state index in [1.807, 2.05) is 30.5 Å². The Morgan fingerprint density at radius 1 is 1.25 bits per heavy atom. The monoisotopic (exact) mass is 420 g/mol. The third kappa shape index (κ3) is 4.04. The maximum absolute atomic E-state index is 13.3. The number of para-hydroxylation sites is 1. The summed E-state index contributed by atoms with van der Waals surface area (Å²) in [5.74, 6) is 0.168. The summed E-state index contributed by atoms with van der Waals surface area (Å²) in [5, 5.41) is 2.90. The van der Waals surface area contributed by atoms with Gasteiger partial charge >= 0.3 is 0 Å². The fourth-order valence-corrected chi connectivity index (χ4v) is 5.82. The van der Waals surface area contributed by atoms with Gasteiger partial charge in [-0.25, -0.2) is 8.42 Å². The second-order valence-corrected chi connectivity index (χ2v) is 9.30. The number of thioether (sulfide) groups is 1. The number of methoxy groups -OCH3 is 1. The molecule has 0 spiro atoms.